The molecule has 0 aliphatic heterocycles. The SMILES string of the molecule is Cn1cnnc1Sc1ccc(NS(=O)(=O)c2ccccc2C(F)(F)F)cc1. The van der Waals surface area contributed by atoms with Crippen LogP contribution in [0.15, 0.2) is 69.8 Å². The van der Waals surface area contributed by atoms with Crippen molar-refractivity contribution >= 4 is 27.5 Å². The van der Waals surface area contributed by atoms with Gasteiger partial charge in [0.1, 0.15) is 6.33 Å². The van der Waals surface area contributed by atoms with E-state index in [0.29, 0.717) is 5.16 Å². The Hall–Kier alpha value is -2.53. The zero-order valence-electron chi connectivity index (χ0n) is 13.8. The summed E-state index contributed by atoms with van der Waals surface area (Å²) >= 11 is 1.31. The Labute approximate surface area is 157 Å². The molecule has 2 aromatic carbocycles. The van der Waals surface area contributed by atoms with Crippen molar-refractivity contribution in [3.8, 4) is 0 Å². The van der Waals surface area contributed by atoms with Crippen LogP contribution >= 0.6 is 11.8 Å². The van der Waals surface area contributed by atoms with Crippen molar-refractivity contribution in [2.24, 2.45) is 7.05 Å². The number of anilines is 1. The van der Waals surface area contributed by atoms with Gasteiger partial charge >= 0.3 is 6.18 Å². The molecule has 6 nitrogen and oxygen atoms in total. The number of aromatic nitrogens is 3. The summed E-state index contributed by atoms with van der Waals surface area (Å²) in [4.78, 5) is -0.0558. The first-order valence-electron chi connectivity index (χ1n) is 7.48. The molecule has 0 radical (unpaired) electrons. The number of hydrogen-bond acceptors (Lipinski definition) is 5. The van der Waals surface area contributed by atoms with Gasteiger partial charge in [-0.25, -0.2) is 8.42 Å². The first-order chi connectivity index (χ1) is 12.7. The zero-order valence-corrected chi connectivity index (χ0v) is 15.4. The summed E-state index contributed by atoms with van der Waals surface area (Å²) in [7, 11) is -2.62. The first kappa shape index (κ1) is 19.2. The molecule has 0 saturated heterocycles. The number of hydrogen-bond donors (Lipinski definition) is 1. The summed E-state index contributed by atoms with van der Waals surface area (Å²) < 4.78 is 68.0. The maximum atomic E-state index is 13.1. The Balaban J connectivity index is 1.82. The highest BCUT2D eigenvalue weighted by Crippen LogP contribution is 2.35. The number of benzene rings is 2. The van der Waals surface area contributed by atoms with E-state index in [-0.39, 0.29) is 5.69 Å². The molecule has 142 valence electrons. The van der Waals surface area contributed by atoms with Crippen LogP contribution in [0.5, 0.6) is 0 Å². The third-order valence-electron chi connectivity index (χ3n) is 3.47. The van der Waals surface area contributed by atoms with Crippen LogP contribution in [0.25, 0.3) is 0 Å². The van der Waals surface area contributed by atoms with Crippen molar-refractivity contribution in [2.75, 3.05) is 4.72 Å². The number of halogens is 3. The molecule has 3 aromatic rings. The van der Waals surface area contributed by atoms with E-state index in [0.717, 1.165) is 23.1 Å². The second kappa shape index (κ2) is 7.24. The van der Waals surface area contributed by atoms with Crippen molar-refractivity contribution in [1.29, 1.82) is 0 Å². The molecule has 1 N–H and O–H groups in total. The molecule has 0 atom stereocenters. The average Bonchev–Trinajstić information content (AvgIpc) is 3.00. The van der Waals surface area contributed by atoms with Crippen LogP contribution in [-0.2, 0) is 23.2 Å². The van der Waals surface area contributed by atoms with E-state index in [1.54, 1.807) is 30.1 Å². The lowest BCUT2D eigenvalue weighted by Crippen LogP contribution is -2.18. The predicted octanol–water partition coefficient (Wildman–Crippen LogP) is 3.79. The van der Waals surface area contributed by atoms with E-state index in [1.165, 1.54) is 30.0 Å². The lowest BCUT2D eigenvalue weighted by atomic mass is 10.2. The third-order valence-corrected chi connectivity index (χ3v) is 5.97. The lowest BCUT2D eigenvalue weighted by Gasteiger charge is -2.14. The van der Waals surface area contributed by atoms with Gasteiger partial charge in [-0.3, -0.25) is 4.72 Å². The van der Waals surface area contributed by atoms with Crippen LogP contribution in [-0.4, -0.2) is 23.2 Å². The molecular weight excluding hydrogens is 401 g/mol. The molecule has 3 rings (SSSR count). The molecule has 1 aromatic heterocycles. The van der Waals surface area contributed by atoms with Gasteiger partial charge in [-0.05, 0) is 48.2 Å². The Morgan fingerprint density at radius 2 is 1.74 bits per heavy atom. The topological polar surface area (TPSA) is 76.9 Å². The van der Waals surface area contributed by atoms with Gasteiger partial charge in [0.05, 0.1) is 10.5 Å². The molecule has 11 heteroatoms. The van der Waals surface area contributed by atoms with Crippen LogP contribution in [0.2, 0.25) is 0 Å². The van der Waals surface area contributed by atoms with Crippen molar-refractivity contribution in [1.82, 2.24) is 14.8 Å². The fourth-order valence-electron chi connectivity index (χ4n) is 2.21. The highest BCUT2D eigenvalue weighted by atomic mass is 32.2. The highest BCUT2D eigenvalue weighted by Gasteiger charge is 2.36. The maximum absolute atomic E-state index is 13.1. The Morgan fingerprint density at radius 3 is 2.33 bits per heavy atom. The van der Waals surface area contributed by atoms with Crippen LogP contribution in [0.4, 0.5) is 18.9 Å². The second-order valence-electron chi connectivity index (χ2n) is 5.45. The van der Waals surface area contributed by atoms with E-state index >= 15 is 0 Å². The molecule has 0 aliphatic carbocycles. The van der Waals surface area contributed by atoms with Crippen LogP contribution < -0.4 is 4.72 Å². The fraction of sp³-hybridized carbons (Fsp3) is 0.125. The standard InChI is InChI=1S/C16H13F3N4O2S2/c1-23-10-20-21-15(23)26-12-8-6-11(7-9-12)22-27(24,25)14-5-3-2-4-13(14)16(17,18)19/h2-10,22H,1H3. The van der Waals surface area contributed by atoms with Gasteiger partial charge < -0.3 is 4.57 Å². The summed E-state index contributed by atoms with van der Waals surface area (Å²) in [6.45, 7) is 0. The Morgan fingerprint density at radius 1 is 1.07 bits per heavy atom. The Bertz CT molecular complexity index is 1050. The molecule has 0 amide bonds. The van der Waals surface area contributed by atoms with E-state index in [1.807, 2.05) is 0 Å². The second-order valence-corrected chi connectivity index (χ2v) is 8.14. The highest BCUT2D eigenvalue weighted by molar-refractivity contribution is 7.99. The van der Waals surface area contributed by atoms with Crippen molar-refractivity contribution in [3.05, 3.63) is 60.4 Å². The summed E-state index contributed by atoms with van der Waals surface area (Å²) in [6, 6.07) is 10.2. The summed E-state index contributed by atoms with van der Waals surface area (Å²) in [5, 5.41) is 8.32. The van der Waals surface area contributed by atoms with Crippen LogP contribution in [0.3, 0.4) is 0 Å². The normalized spacial score (nSPS) is 12.1. The molecule has 0 unspecified atom stereocenters. The average molecular weight is 414 g/mol. The molecule has 1 heterocycles. The zero-order chi connectivity index (χ0) is 19.7. The predicted molar refractivity (Wildman–Crippen MR) is 93.8 cm³/mol. The van der Waals surface area contributed by atoms with Crippen molar-refractivity contribution < 1.29 is 21.6 Å². The van der Waals surface area contributed by atoms with Gasteiger partial charge in [0.25, 0.3) is 10.0 Å². The monoisotopic (exact) mass is 414 g/mol. The molecule has 27 heavy (non-hydrogen) atoms. The van der Waals surface area contributed by atoms with Crippen molar-refractivity contribution in [3.63, 3.8) is 0 Å². The minimum atomic E-state index is -4.78. The number of aryl methyl sites for hydroxylation is 1. The van der Waals surface area contributed by atoms with Gasteiger partial charge in [0.15, 0.2) is 5.16 Å². The van der Waals surface area contributed by atoms with Gasteiger partial charge in [-0.15, -0.1) is 10.2 Å². The summed E-state index contributed by atoms with van der Waals surface area (Å²) in [5.41, 5.74) is -1.07. The van der Waals surface area contributed by atoms with Gasteiger partial charge in [-0.1, -0.05) is 12.1 Å². The fourth-order valence-corrected chi connectivity index (χ4v) is 4.26. The smallest absolute Gasteiger partial charge is 0.311 e. The Kier molecular flexibility index (Phi) is 5.16. The van der Waals surface area contributed by atoms with Crippen LogP contribution in [0.1, 0.15) is 5.56 Å². The van der Waals surface area contributed by atoms with Gasteiger partial charge in [0.2, 0.25) is 0 Å². The molecule has 0 aliphatic rings. The van der Waals surface area contributed by atoms with E-state index < -0.39 is 26.7 Å². The molecule has 0 saturated carbocycles. The lowest BCUT2D eigenvalue weighted by molar-refractivity contribution is -0.139. The van der Waals surface area contributed by atoms with E-state index in [2.05, 4.69) is 14.9 Å². The first-order valence-corrected chi connectivity index (χ1v) is 9.78. The largest absolute Gasteiger partial charge is 0.417 e. The van der Waals surface area contributed by atoms with Gasteiger partial charge in [-0.2, -0.15) is 13.2 Å². The molecule has 0 bridgehead atoms. The number of sulfonamides is 1. The quantitative estimate of drug-likeness (QED) is 0.688. The van der Waals surface area contributed by atoms with E-state index in [4.69, 9.17) is 0 Å². The van der Waals surface area contributed by atoms with E-state index in [9.17, 15) is 21.6 Å². The molecular formula is C16H13F3N4O2S2. The van der Waals surface area contributed by atoms with Gasteiger partial charge in [0, 0.05) is 17.6 Å². The minimum Gasteiger partial charge on any atom is -0.311 e. The number of alkyl halides is 3. The third kappa shape index (κ3) is 4.42. The van der Waals surface area contributed by atoms with Crippen molar-refractivity contribution in [2.45, 2.75) is 21.1 Å². The molecule has 0 spiro atoms. The summed E-state index contributed by atoms with van der Waals surface area (Å²) in [5.74, 6) is 0. The maximum Gasteiger partial charge on any atom is 0.417 e. The van der Waals surface area contributed by atoms with Crippen LogP contribution in [0, 0.1) is 0 Å². The molecule has 0 fully saturated rings. The summed E-state index contributed by atoms with van der Waals surface area (Å²) in [6.07, 6.45) is -3.23. The minimum absolute atomic E-state index is 0.147. The number of rotatable bonds is 5. The number of nitrogens with one attached hydrogen (secondary N) is 1. The number of nitrogens with zero attached hydrogens (tertiary/aromatic N) is 3.